The molecule has 0 spiro atoms. The molecule has 0 N–H and O–H groups in total. The van der Waals surface area contributed by atoms with Crippen molar-refractivity contribution >= 4 is 27.3 Å². The maximum atomic E-state index is 12.5. The molecular weight excluding hydrogens is 290 g/mol. The number of nitrogens with zero attached hydrogens (tertiary/aromatic N) is 1. The Balaban J connectivity index is 3.00. The molecule has 1 aliphatic heterocycles. The lowest BCUT2D eigenvalue weighted by atomic mass is 10.0. The standard InChI is InChI=1S/C12H22ClNO4S/c1-11(2)8-14(7-9(6-13)18-11)10(15)12(3,4)19(5,16)17/h9H,6-8H2,1-5H3. The third kappa shape index (κ3) is 3.61. The van der Waals surface area contributed by atoms with Gasteiger partial charge in [0.1, 0.15) is 4.75 Å². The summed E-state index contributed by atoms with van der Waals surface area (Å²) in [4.78, 5) is 14.0. The van der Waals surface area contributed by atoms with Crippen molar-refractivity contribution in [2.45, 2.75) is 44.1 Å². The normalized spacial score (nSPS) is 24.3. The molecular formula is C12H22ClNO4S. The molecule has 1 heterocycles. The molecule has 0 aromatic carbocycles. The second-order valence-electron chi connectivity index (χ2n) is 6.12. The Bertz CT molecular complexity index is 458. The Labute approximate surface area is 120 Å². The quantitative estimate of drug-likeness (QED) is 0.731. The maximum Gasteiger partial charge on any atom is 0.243 e. The lowest BCUT2D eigenvalue weighted by Crippen LogP contribution is -2.60. The van der Waals surface area contributed by atoms with Crippen LogP contribution in [0.2, 0.25) is 0 Å². The van der Waals surface area contributed by atoms with Crippen LogP contribution in [0.25, 0.3) is 0 Å². The molecule has 0 aromatic rings. The average molecular weight is 312 g/mol. The third-order valence-electron chi connectivity index (χ3n) is 3.38. The van der Waals surface area contributed by atoms with E-state index in [1.165, 1.54) is 18.7 Å². The fourth-order valence-electron chi connectivity index (χ4n) is 2.07. The number of ether oxygens (including phenoxy) is 1. The summed E-state index contributed by atoms with van der Waals surface area (Å²) in [5.41, 5.74) is -0.527. The Morgan fingerprint density at radius 3 is 2.42 bits per heavy atom. The SMILES string of the molecule is CC1(C)CN(C(=O)C(C)(C)S(C)(=O)=O)CC(CCl)O1. The second kappa shape index (κ2) is 5.22. The molecule has 1 unspecified atom stereocenters. The van der Waals surface area contributed by atoms with E-state index >= 15 is 0 Å². The number of halogens is 1. The highest BCUT2D eigenvalue weighted by molar-refractivity contribution is 7.92. The molecule has 1 amide bonds. The third-order valence-corrected chi connectivity index (χ3v) is 5.76. The van der Waals surface area contributed by atoms with Gasteiger partial charge in [-0.1, -0.05) is 0 Å². The van der Waals surface area contributed by atoms with Crippen molar-refractivity contribution < 1.29 is 17.9 Å². The number of alkyl halides is 1. The van der Waals surface area contributed by atoms with Crippen LogP contribution in [0.4, 0.5) is 0 Å². The first-order chi connectivity index (χ1) is 8.40. The summed E-state index contributed by atoms with van der Waals surface area (Å²) in [6.07, 6.45) is 0.805. The van der Waals surface area contributed by atoms with Crippen molar-refractivity contribution in [3.8, 4) is 0 Å². The predicted molar refractivity (Wildman–Crippen MR) is 75.2 cm³/mol. The molecule has 19 heavy (non-hydrogen) atoms. The molecule has 1 rings (SSSR count). The summed E-state index contributed by atoms with van der Waals surface area (Å²) in [6.45, 7) is 7.27. The van der Waals surface area contributed by atoms with Crippen LogP contribution in [0.5, 0.6) is 0 Å². The van der Waals surface area contributed by atoms with Gasteiger partial charge in [0, 0.05) is 19.3 Å². The first kappa shape index (κ1) is 16.7. The van der Waals surface area contributed by atoms with Crippen LogP contribution in [0.1, 0.15) is 27.7 Å². The molecule has 0 bridgehead atoms. The minimum absolute atomic E-state index is 0.270. The first-order valence-electron chi connectivity index (χ1n) is 6.13. The van der Waals surface area contributed by atoms with Crippen LogP contribution >= 0.6 is 11.6 Å². The Morgan fingerprint density at radius 1 is 1.47 bits per heavy atom. The number of carbonyl (C=O) groups excluding carboxylic acids is 1. The van der Waals surface area contributed by atoms with Gasteiger partial charge in [-0.3, -0.25) is 4.79 Å². The summed E-state index contributed by atoms with van der Waals surface area (Å²) in [5.74, 6) is -0.131. The molecule has 0 aromatic heterocycles. The molecule has 0 saturated carbocycles. The predicted octanol–water partition coefficient (Wildman–Crippen LogP) is 1.05. The van der Waals surface area contributed by atoms with Gasteiger partial charge in [0.25, 0.3) is 0 Å². The maximum absolute atomic E-state index is 12.5. The first-order valence-corrected chi connectivity index (χ1v) is 8.56. The van der Waals surface area contributed by atoms with Gasteiger partial charge in [-0.05, 0) is 27.7 Å². The zero-order valence-electron chi connectivity index (χ0n) is 12.1. The van der Waals surface area contributed by atoms with Crippen molar-refractivity contribution in [3.63, 3.8) is 0 Å². The number of sulfone groups is 1. The van der Waals surface area contributed by atoms with Crippen molar-refractivity contribution in [2.75, 3.05) is 25.2 Å². The molecule has 5 nitrogen and oxygen atoms in total. The second-order valence-corrected chi connectivity index (χ2v) is 9.00. The molecule has 1 fully saturated rings. The fraction of sp³-hybridized carbons (Fsp3) is 0.917. The van der Waals surface area contributed by atoms with Gasteiger partial charge in [0.15, 0.2) is 9.84 Å². The van der Waals surface area contributed by atoms with Crippen molar-refractivity contribution in [1.29, 1.82) is 0 Å². The molecule has 0 radical (unpaired) electrons. The van der Waals surface area contributed by atoms with Gasteiger partial charge >= 0.3 is 0 Å². The van der Waals surface area contributed by atoms with Gasteiger partial charge in [-0.15, -0.1) is 11.6 Å². The molecule has 1 atom stereocenters. The Morgan fingerprint density at radius 2 is 2.00 bits per heavy atom. The fourth-order valence-corrected chi connectivity index (χ4v) is 2.68. The number of carbonyl (C=O) groups is 1. The number of morpholine rings is 1. The van der Waals surface area contributed by atoms with E-state index in [9.17, 15) is 13.2 Å². The molecule has 1 aliphatic rings. The van der Waals surface area contributed by atoms with Crippen LogP contribution in [0.3, 0.4) is 0 Å². The number of hydrogen-bond donors (Lipinski definition) is 0. The average Bonchev–Trinajstić information content (AvgIpc) is 2.24. The summed E-state index contributed by atoms with van der Waals surface area (Å²) in [6, 6.07) is 0. The van der Waals surface area contributed by atoms with E-state index in [0.717, 1.165) is 6.26 Å². The van der Waals surface area contributed by atoms with E-state index in [4.69, 9.17) is 16.3 Å². The van der Waals surface area contributed by atoms with Gasteiger partial charge in [0.2, 0.25) is 5.91 Å². The van der Waals surface area contributed by atoms with Crippen LogP contribution < -0.4 is 0 Å². The summed E-state index contributed by atoms with van der Waals surface area (Å²) in [5, 5.41) is 0. The van der Waals surface area contributed by atoms with Crippen molar-refractivity contribution in [2.24, 2.45) is 0 Å². The minimum Gasteiger partial charge on any atom is -0.367 e. The molecule has 1 saturated heterocycles. The lowest BCUT2D eigenvalue weighted by Gasteiger charge is -2.44. The Kier molecular flexibility index (Phi) is 4.59. The van der Waals surface area contributed by atoms with E-state index in [2.05, 4.69) is 0 Å². The largest absolute Gasteiger partial charge is 0.367 e. The minimum atomic E-state index is -3.48. The van der Waals surface area contributed by atoms with Crippen LogP contribution in [-0.2, 0) is 19.4 Å². The highest BCUT2D eigenvalue weighted by Gasteiger charge is 2.45. The van der Waals surface area contributed by atoms with Crippen LogP contribution in [0, 0.1) is 0 Å². The highest BCUT2D eigenvalue weighted by atomic mass is 35.5. The smallest absolute Gasteiger partial charge is 0.243 e. The van der Waals surface area contributed by atoms with E-state index in [0.29, 0.717) is 13.1 Å². The van der Waals surface area contributed by atoms with Gasteiger partial charge in [0.05, 0.1) is 17.6 Å². The highest BCUT2D eigenvalue weighted by Crippen LogP contribution is 2.26. The Hall–Kier alpha value is -0.330. The number of amides is 1. The molecule has 0 aliphatic carbocycles. The topological polar surface area (TPSA) is 63.7 Å². The van der Waals surface area contributed by atoms with Crippen molar-refractivity contribution in [3.05, 3.63) is 0 Å². The number of rotatable bonds is 3. The summed E-state index contributed by atoms with van der Waals surface area (Å²) in [7, 11) is -3.48. The van der Waals surface area contributed by atoms with Gasteiger partial charge in [-0.2, -0.15) is 0 Å². The van der Waals surface area contributed by atoms with Crippen LogP contribution in [-0.4, -0.2) is 60.9 Å². The molecule has 7 heteroatoms. The monoisotopic (exact) mass is 311 g/mol. The summed E-state index contributed by atoms with van der Waals surface area (Å²) < 4.78 is 27.8. The van der Waals surface area contributed by atoms with E-state index < -0.39 is 26.1 Å². The summed E-state index contributed by atoms with van der Waals surface area (Å²) >= 11 is 5.80. The zero-order chi connectivity index (χ0) is 15.1. The van der Waals surface area contributed by atoms with Gasteiger partial charge < -0.3 is 9.64 Å². The van der Waals surface area contributed by atoms with E-state index in [1.54, 1.807) is 0 Å². The number of hydrogen-bond acceptors (Lipinski definition) is 4. The van der Waals surface area contributed by atoms with E-state index in [-0.39, 0.29) is 12.0 Å². The lowest BCUT2D eigenvalue weighted by molar-refractivity contribution is -0.159. The van der Waals surface area contributed by atoms with Gasteiger partial charge in [-0.25, -0.2) is 8.42 Å². The van der Waals surface area contributed by atoms with Crippen LogP contribution in [0.15, 0.2) is 0 Å². The van der Waals surface area contributed by atoms with Crippen molar-refractivity contribution in [1.82, 2.24) is 4.90 Å². The molecule has 112 valence electrons. The van der Waals surface area contributed by atoms with E-state index in [1.807, 2.05) is 13.8 Å². The zero-order valence-corrected chi connectivity index (χ0v) is 13.6.